The molecule has 3 rings (SSSR count). The zero-order valence-corrected chi connectivity index (χ0v) is 15.6. The average molecular weight is 368 g/mol. The highest BCUT2D eigenvalue weighted by Crippen LogP contribution is 2.14. The Balaban J connectivity index is 1.57. The number of aromatic nitrogens is 2. The van der Waals surface area contributed by atoms with E-state index < -0.39 is 0 Å². The molecule has 0 aliphatic carbocycles. The van der Waals surface area contributed by atoms with Crippen molar-refractivity contribution in [2.75, 3.05) is 38.3 Å². The normalized spacial score (nSPS) is 14.4. The fourth-order valence-electron chi connectivity index (χ4n) is 2.76. The second kappa shape index (κ2) is 9.14. The van der Waals surface area contributed by atoms with Crippen LogP contribution in [0.5, 0.6) is 5.75 Å². The van der Waals surface area contributed by atoms with Gasteiger partial charge in [-0.25, -0.2) is 9.97 Å². The molecule has 1 aromatic carbocycles. The van der Waals surface area contributed by atoms with Gasteiger partial charge in [-0.3, -0.25) is 4.79 Å². The standard InChI is InChI=1S/C20H24N4O3/c1-15-13-19(24-9-11-27-12-10-24)23-18(22-15)14-21-20(25)8-5-16-3-6-17(26-2)7-4-16/h3-8,13H,9-12,14H2,1-2H3,(H,21,25)/b8-5+. The fourth-order valence-corrected chi connectivity index (χ4v) is 2.76. The van der Waals surface area contributed by atoms with Crippen LogP contribution in [0.25, 0.3) is 6.08 Å². The maximum Gasteiger partial charge on any atom is 0.244 e. The predicted molar refractivity (Wildman–Crippen MR) is 104 cm³/mol. The third kappa shape index (κ3) is 5.52. The molecule has 1 aliphatic rings. The van der Waals surface area contributed by atoms with Gasteiger partial charge in [-0.1, -0.05) is 12.1 Å². The molecule has 0 spiro atoms. The van der Waals surface area contributed by atoms with Gasteiger partial charge in [0, 0.05) is 30.9 Å². The molecule has 0 radical (unpaired) electrons. The van der Waals surface area contributed by atoms with E-state index in [4.69, 9.17) is 9.47 Å². The van der Waals surface area contributed by atoms with Gasteiger partial charge < -0.3 is 19.7 Å². The fraction of sp³-hybridized carbons (Fsp3) is 0.350. The lowest BCUT2D eigenvalue weighted by Gasteiger charge is -2.28. The minimum Gasteiger partial charge on any atom is -0.497 e. The lowest BCUT2D eigenvalue weighted by atomic mass is 10.2. The summed E-state index contributed by atoms with van der Waals surface area (Å²) in [6.45, 7) is 5.24. The third-order valence-electron chi connectivity index (χ3n) is 4.19. The zero-order chi connectivity index (χ0) is 19.1. The molecule has 1 aromatic heterocycles. The number of aryl methyl sites for hydroxylation is 1. The molecule has 2 heterocycles. The van der Waals surface area contributed by atoms with Gasteiger partial charge in [-0.2, -0.15) is 0 Å². The molecule has 1 N–H and O–H groups in total. The average Bonchev–Trinajstić information content (AvgIpc) is 2.71. The topological polar surface area (TPSA) is 76.6 Å². The molecule has 1 saturated heterocycles. The van der Waals surface area contributed by atoms with Crippen LogP contribution in [-0.2, 0) is 16.1 Å². The van der Waals surface area contributed by atoms with E-state index in [1.165, 1.54) is 6.08 Å². The van der Waals surface area contributed by atoms with Crippen LogP contribution in [0.4, 0.5) is 5.82 Å². The van der Waals surface area contributed by atoms with Crippen LogP contribution in [0.1, 0.15) is 17.1 Å². The number of nitrogens with zero attached hydrogens (tertiary/aromatic N) is 3. The smallest absolute Gasteiger partial charge is 0.244 e. The summed E-state index contributed by atoms with van der Waals surface area (Å²) in [7, 11) is 1.62. The van der Waals surface area contributed by atoms with Crippen LogP contribution in [-0.4, -0.2) is 49.3 Å². The summed E-state index contributed by atoms with van der Waals surface area (Å²) in [6, 6.07) is 9.44. The van der Waals surface area contributed by atoms with Gasteiger partial charge >= 0.3 is 0 Å². The van der Waals surface area contributed by atoms with E-state index in [1.807, 2.05) is 37.3 Å². The molecule has 7 heteroatoms. The second-order valence-corrected chi connectivity index (χ2v) is 6.21. The van der Waals surface area contributed by atoms with Crippen LogP contribution in [0, 0.1) is 6.92 Å². The van der Waals surface area contributed by atoms with Crippen molar-refractivity contribution in [3.63, 3.8) is 0 Å². The number of hydrogen-bond acceptors (Lipinski definition) is 6. The number of nitrogens with one attached hydrogen (secondary N) is 1. The molecule has 142 valence electrons. The van der Waals surface area contributed by atoms with Crippen molar-refractivity contribution in [1.82, 2.24) is 15.3 Å². The number of amides is 1. The first-order valence-corrected chi connectivity index (χ1v) is 8.91. The summed E-state index contributed by atoms with van der Waals surface area (Å²) in [6.07, 6.45) is 3.26. The third-order valence-corrected chi connectivity index (χ3v) is 4.19. The van der Waals surface area contributed by atoms with E-state index >= 15 is 0 Å². The molecule has 2 aromatic rings. The predicted octanol–water partition coefficient (Wildman–Crippen LogP) is 1.96. The van der Waals surface area contributed by atoms with E-state index in [-0.39, 0.29) is 12.5 Å². The molecule has 1 aliphatic heterocycles. The molecule has 0 unspecified atom stereocenters. The summed E-state index contributed by atoms with van der Waals surface area (Å²) >= 11 is 0. The molecule has 1 fully saturated rings. The number of anilines is 1. The van der Waals surface area contributed by atoms with Crippen LogP contribution < -0.4 is 15.0 Å². The van der Waals surface area contributed by atoms with E-state index in [2.05, 4.69) is 20.2 Å². The van der Waals surface area contributed by atoms with Crippen molar-refractivity contribution in [3.8, 4) is 5.75 Å². The van der Waals surface area contributed by atoms with Crippen molar-refractivity contribution >= 4 is 17.8 Å². The molecule has 0 bridgehead atoms. The molecule has 27 heavy (non-hydrogen) atoms. The zero-order valence-electron chi connectivity index (χ0n) is 15.6. The van der Waals surface area contributed by atoms with Crippen molar-refractivity contribution in [2.45, 2.75) is 13.5 Å². The highest BCUT2D eigenvalue weighted by Gasteiger charge is 2.14. The number of benzene rings is 1. The first-order chi connectivity index (χ1) is 13.1. The minimum absolute atomic E-state index is 0.191. The molecular weight excluding hydrogens is 344 g/mol. The molecule has 7 nitrogen and oxygen atoms in total. The Kier molecular flexibility index (Phi) is 6.38. The van der Waals surface area contributed by atoms with Crippen molar-refractivity contribution in [2.24, 2.45) is 0 Å². The van der Waals surface area contributed by atoms with Crippen molar-refractivity contribution < 1.29 is 14.3 Å². The highest BCUT2D eigenvalue weighted by molar-refractivity contribution is 5.91. The Bertz CT molecular complexity index is 799. The number of carbonyl (C=O) groups is 1. The maximum absolute atomic E-state index is 12.1. The number of carbonyl (C=O) groups excluding carboxylic acids is 1. The highest BCUT2D eigenvalue weighted by atomic mass is 16.5. The number of methoxy groups -OCH3 is 1. The quantitative estimate of drug-likeness (QED) is 0.786. The summed E-state index contributed by atoms with van der Waals surface area (Å²) < 4.78 is 10.5. The first-order valence-electron chi connectivity index (χ1n) is 8.91. The second-order valence-electron chi connectivity index (χ2n) is 6.21. The summed E-state index contributed by atoms with van der Waals surface area (Å²) in [5, 5.41) is 2.83. The number of ether oxygens (including phenoxy) is 2. The van der Waals surface area contributed by atoms with Crippen LogP contribution in [0.3, 0.4) is 0 Å². The Morgan fingerprint density at radius 3 is 2.70 bits per heavy atom. The number of morpholine rings is 1. The van der Waals surface area contributed by atoms with Gasteiger partial charge in [0.15, 0.2) is 0 Å². The number of hydrogen-bond donors (Lipinski definition) is 1. The maximum atomic E-state index is 12.1. The van der Waals surface area contributed by atoms with Gasteiger partial charge in [0.25, 0.3) is 0 Å². The summed E-state index contributed by atoms with van der Waals surface area (Å²) in [4.78, 5) is 23.2. The Morgan fingerprint density at radius 1 is 1.26 bits per heavy atom. The Morgan fingerprint density at radius 2 is 2.00 bits per heavy atom. The van der Waals surface area contributed by atoms with Gasteiger partial charge in [-0.05, 0) is 30.7 Å². The Labute approximate surface area is 159 Å². The van der Waals surface area contributed by atoms with Gasteiger partial charge in [0.05, 0.1) is 26.9 Å². The molecule has 0 saturated carbocycles. The molecular formula is C20H24N4O3. The summed E-state index contributed by atoms with van der Waals surface area (Å²) in [5.74, 6) is 2.07. The van der Waals surface area contributed by atoms with Crippen LogP contribution in [0.2, 0.25) is 0 Å². The van der Waals surface area contributed by atoms with Gasteiger partial charge in [0.2, 0.25) is 5.91 Å². The van der Waals surface area contributed by atoms with Gasteiger partial charge in [0.1, 0.15) is 17.4 Å². The first kappa shape index (κ1) is 18.8. The van der Waals surface area contributed by atoms with E-state index in [9.17, 15) is 4.79 Å². The van der Waals surface area contributed by atoms with Crippen molar-refractivity contribution in [1.29, 1.82) is 0 Å². The lowest BCUT2D eigenvalue weighted by Crippen LogP contribution is -2.37. The lowest BCUT2D eigenvalue weighted by molar-refractivity contribution is -0.116. The van der Waals surface area contributed by atoms with E-state index in [0.29, 0.717) is 19.0 Å². The van der Waals surface area contributed by atoms with E-state index in [1.54, 1.807) is 13.2 Å². The summed E-state index contributed by atoms with van der Waals surface area (Å²) in [5.41, 5.74) is 1.80. The largest absolute Gasteiger partial charge is 0.497 e. The Hall–Kier alpha value is -2.93. The molecule has 1 amide bonds. The SMILES string of the molecule is COc1ccc(/C=C/C(=O)NCc2nc(C)cc(N3CCOCC3)n2)cc1. The van der Waals surface area contributed by atoms with Gasteiger partial charge in [-0.15, -0.1) is 0 Å². The monoisotopic (exact) mass is 368 g/mol. The van der Waals surface area contributed by atoms with Crippen LogP contribution >= 0.6 is 0 Å². The minimum atomic E-state index is -0.191. The van der Waals surface area contributed by atoms with Crippen LogP contribution in [0.15, 0.2) is 36.4 Å². The number of rotatable bonds is 6. The van der Waals surface area contributed by atoms with Crippen molar-refractivity contribution in [3.05, 3.63) is 53.5 Å². The van der Waals surface area contributed by atoms with E-state index in [0.717, 1.165) is 35.9 Å². The molecule has 0 atom stereocenters.